The number of nitro groups is 1. The second kappa shape index (κ2) is 10.1. The molecular formula is C21H23N3O6. The van der Waals surface area contributed by atoms with Gasteiger partial charge in [0.1, 0.15) is 0 Å². The smallest absolute Gasteiger partial charge is 0.340 e. The van der Waals surface area contributed by atoms with Crippen molar-refractivity contribution >= 4 is 34.7 Å². The molecule has 0 radical (unpaired) electrons. The number of anilines is 2. The highest BCUT2D eigenvalue weighted by Crippen LogP contribution is 2.25. The van der Waals surface area contributed by atoms with Crippen LogP contribution in [0.1, 0.15) is 40.5 Å². The average molecular weight is 413 g/mol. The van der Waals surface area contributed by atoms with E-state index in [1.165, 1.54) is 24.3 Å². The Bertz CT molecular complexity index is 954. The van der Waals surface area contributed by atoms with Crippen molar-refractivity contribution in [1.82, 2.24) is 0 Å². The van der Waals surface area contributed by atoms with E-state index in [-0.39, 0.29) is 17.2 Å². The van der Waals surface area contributed by atoms with Gasteiger partial charge in [-0.1, -0.05) is 6.92 Å². The summed E-state index contributed by atoms with van der Waals surface area (Å²) in [5.41, 5.74) is 1.05. The third-order valence-electron chi connectivity index (χ3n) is 4.19. The molecule has 2 rings (SSSR count). The summed E-state index contributed by atoms with van der Waals surface area (Å²) < 4.78 is 5.09. The Morgan fingerprint density at radius 1 is 1.10 bits per heavy atom. The Labute approximate surface area is 173 Å². The van der Waals surface area contributed by atoms with Crippen molar-refractivity contribution < 1.29 is 24.0 Å². The maximum Gasteiger partial charge on any atom is 0.340 e. The van der Waals surface area contributed by atoms with E-state index in [2.05, 4.69) is 5.32 Å². The maximum absolute atomic E-state index is 12.4. The predicted octanol–water partition coefficient (Wildman–Crippen LogP) is 3.44. The summed E-state index contributed by atoms with van der Waals surface area (Å²) in [6, 6.07) is 10.1. The van der Waals surface area contributed by atoms with Gasteiger partial charge in [0.15, 0.2) is 12.4 Å². The van der Waals surface area contributed by atoms with Crippen molar-refractivity contribution in [2.24, 2.45) is 0 Å². The molecule has 0 bridgehead atoms. The lowest BCUT2D eigenvalue weighted by atomic mass is 10.1. The first-order chi connectivity index (χ1) is 14.2. The molecule has 2 aromatic carbocycles. The largest absolute Gasteiger partial charge is 0.454 e. The Hall–Kier alpha value is -3.75. The second-order valence-corrected chi connectivity index (χ2v) is 6.73. The molecule has 1 amide bonds. The molecule has 0 spiro atoms. The molecular weight excluding hydrogens is 390 g/mol. The molecule has 0 saturated heterocycles. The van der Waals surface area contributed by atoms with Gasteiger partial charge in [0.2, 0.25) is 5.91 Å². The van der Waals surface area contributed by atoms with Gasteiger partial charge in [0.05, 0.1) is 16.2 Å². The van der Waals surface area contributed by atoms with Crippen LogP contribution in [0.25, 0.3) is 0 Å². The normalized spacial score (nSPS) is 10.2. The number of benzene rings is 2. The average Bonchev–Trinajstić information content (AvgIpc) is 2.71. The number of nitrogens with zero attached hydrogens (tertiary/aromatic N) is 2. The van der Waals surface area contributed by atoms with Crippen LogP contribution in [-0.4, -0.2) is 43.3 Å². The standard InChI is InChI=1S/C21H23N3O6/c1-4-5-20(26)22-15-8-6-14(7-9-15)19(25)13-30-21(27)17-12-16(24(28)29)10-11-18(17)23(2)3/h6-12H,4-5,13H2,1-3H3,(H,22,26). The minimum atomic E-state index is -0.834. The van der Waals surface area contributed by atoms with E-state index in [9.17, 15) is 24.5 Å². The van der Waals surface area contributed by atoms with Crippen LogP contribution in [0, 0.1) is 10.1 Å². The molecule has 9 heteroatoms. The number of esters is 1. The number of ether oxygens (including phenoxy) is 1. The van der Waals surface area contributed by atoms with Gasteiger partial charge >= 0.3 is 5.97 Å². The van der Waals surface area contributed by atoms with E-state index in [1.54, 1.807) is 31.1 Å². The topological polar surface area (TPSA) is 119 Å². The number of carbonyl (C=O) groups excluding carboxylic acids is 3. The number of non-ortho nitro benzene ring substituents is 1. The van der Waals surface area contributed by atoms with Gasteiger partial charge < -0.3 is 15.0 Å². The monoisotopic (exact) mass is 413 g/mol. The number of hydrogen-bond acceptors (Lipinski definition) is 7. The molecule has 0 aliphatic carbocycles. The fourth-order valence-electron chi connectivity index (χ4n) is 2.67. The zero-order chi connectivity index (χ0) is 22.3. The van der Waals surface area contributed by atoms with E-state index in [0.717, 1.165) is 12.5 Å². The number of hydrogen-bond donors (Lipinski definition) is 1. The van der Waals surface area contributed by atoms with E-state index >= 15 is 0 Å². The van der Waals surface area contributed by atoms with Crippen LogP contribution in [0.4, 0.5) is 17.1 Å². The lowest BCUT2D eigenvalue weighted by Gasteiger charge is -2.16. The van der Waals surface area contributed by atoms with Gasteiger partial charge in [0, 0.05) is 43.9 Å². The molecule has 0 unspecified atom stereocenters. The Kier molecular flexibility index (Phi) is 7.62. The zero-order valence-electron chi connectivity index (χ0n) is 17.0. The van der Waals surface area contributed by atoms with E-state index < -0.39 is 23.3 Å². The summed E-state index contributed by atoms with van der Waals surface area (Å²) in [5, 5.41) is 13.7. The minimum Gasteiger partial charge on any atom is -0.454 e. The van der Waals surface area contributed by atoms with Crippen molar-refractivity contribution in [2.75, 3.05) is 30.9 Å². The number of rotatable bonds is 9. The molecule has 0 atom stereocenters. The van der Waals surface area contributed by atoms with Gasteiger partial charge in [-0.05, 0) is 36.8 Å². The number of Topliss-reactive ketones (excluding diaryl/α,β-unsaturated/α-hetero) is 1. The minimum absolute atomic E-state index is 0.00372. The third-order valence-corrected chi connectivity index (χ3v) is 4.19. The maximum atomic E-state index is 12.4. The van der Waals surface area contributed by atoms with Crippen LogP contribution in [0.15, 0.2) is 42.5 Å². The first kappa shape index (κ1) is 22.5. The molecule has 2 aromatic rings. The van der Waals surface area contributed by atoms with E-state index in [0.29, 0.717) is 23.4 Å². The van der Waals surface area contributed by atoms with Gasteiger partial charge in [-0.3, -0.25) is 19.7 Å². The summed E-state index contributed by atoms with van der Waals surface area (Å²) >= 11 is 0. The number of nitro benzene ring substituents is 1. The van der Waals surface area contributed by atoms with Crippen LogP contribution in [-0.2, 0) is 9.53 Å². The molecule has 9 nitrogen and oxygen atoms in total. The summed E-state index contributed by atoms with van der Waals surface area (Å²) in [6.07, 6.45) is 1.14. The summed E-state index contributed by atoms with van der Waals surface area (Å²) in [7, 11) is 3.37. The van der Waals surface area contributed by atoms with E-state index in [1.807, 2.05) is 6.92 Å². The lowest BCUT2D eigenvalue weighted by molar-refractivity contribution is -0.384. The van der Waals surface area contributed by atoms with E-state index in [4.69, 9.17) is 4.74 Å². The first-order valence-electron chi connectivity index (χ1n) is 9.29. The molecule has 0 aliphatic rings. The van der Waals surface area contributed by atoms with Gasteiger partial charge in [0.25, 0.3) is 5.69 Å². The van der Waals surface area contributed by atoms with Crippen molar-refractivity contribution in [3.63, 3.8) is 0 Å². The third kappa shape index (κ3) is 5.87. The highest BCUT2D eigenvalue weighted by Gasteiger charge is 2.20. The Balaban J connectivity index is 2.05. The van der Waals surface area contributed by atoms with Gasteiger partial charge in [-0.15, -0.1) is 0 Å². The quantitative estimate of drug-likeness (QED) is 0.289. The summed E-state index contributed by atoms with van der Waals surface area (Å²) in [4.78, 5) is 48.4. The SMILES string of the molecule is CCCC(=O)Nc1ccc(C(=O)COC(=O)c2cc([N+](=O)[O-])ccc2N(C)C)cc1. The molecule has 158 valence electrons. The molecule has 0 heterocycles. The highest BCUT2D eigenvalue weighted by molar-refractivity contribution is 6.01. The van der Waals surface area contributed by atoms with Crippen molar-refractivity contribution in [3.8, 4) is 0 Å². The molecule has 0 aliphatic heterocycles. The fraction of sp³-hybridized carbons (Fsp3) is 0.286. The van der Waals surface area contributed by atoms with Crippen LogP contribution in [0.2, 0.25) is 0 Å². The highest BCUT2D eigenvalue weighted by atomic mass is 16.6. The van der Waals surface area contributed by atoms with Crippen molar-refractivity contribution in [1.29, 1.82) is 0 Å². The Morgan fingerprint density at radius 2 is 1.77 bits per heavy atom. The van der Waals surface area contributed by atoms with Crippen LogP contribution < -0.4 is 10.2 Å². The first-order valence-corrected chi connectivity index (χ1v) is 9.29. The zero-order valence-corrected chi connectivity index (χ0v) is 17.0. The van der Waals surface area contributed by atoms with Crippen molar-refractivity contribution in [2.45, 2.75) is 19.8 Å². The van der Waals surface area contributed by atoms with Gasteiger partial charge in [-0.2, -0.15) is 0 Å². The van der Waals surface area contributed by atoms with Crippen LogP contribution >= 0.6 is 0 Å². The summed E-state index contributed by atoms with van der Waals surface area (Å²) in [6.45, 7) is 1.38. The number of ketones is 1. The second-order valence-electron chi connectivity index (χ2n) is 6.73. The van der Waals surface area contributed by atoms with Crippen LogP contribution in [0.3, 0.4) is 0 Å². The Morgan fingerprint density at radius 3 is 2.33 bits per heavy atom. The summed E-state index contributed by atoms with van der Waals surface area (Å²) in [5.74, 6) is -1.38. The molecule has 0 aromatic heterocycles. The number of carbonyl (C=O) groups is 3. The van der Waals surface area contributed by atoms with Crippen molar-refractivity contribution in [3.05, 3.63) is 63.7 Å². The fourth-order valence-corrected chi connectivity index (χ4v) is 2.67. The lowest BCUT2D eigenvalue weighted by Crippen LogP contribution is -2.18. The predicted molar refractivity (Wildman–Crippen MR) is 112 cm³/mol. The molecule has 1 N–H and O–H groups in total. The van der Waals surface area contributed by atoms with Crippen LogP contribution in [0.5, 0.6) is 0 Å². The molecule has 0 fully saturated rings. The molecule has 30 heavy (non-hydrogen) atoms. The number of amides is 1. The number of nitrogens with one attached hydrogen (secondary N) is 1. The van der Waals surface area contributed by atoms with Gasteiger partial charge in [-0.25, -0.2) is 4.79 Å². The molecule has 0 saturated carbocycles.